The van der Waals surface area contributed by atoms with E-state index in [1.165, 1.54) is 0 Å². The second-order valence-electron chi connectivity index (χ2n) is 7.74. The molecule has 1 unspecified atom stereocenters. The van der Waals surface area contributed by atoms with E-state index in [0.717, 1.165) is 29.5 Å². The van der Waals surface area contributed by atoms with Crippen molar-refractivity contribution >= 4 is 17.9 Å². The molecule has 4 nitrogen and oxygen atoms in total. The van der Waals surface area contributed by atoms with Crippen LogP contribution in [0.3, 0.4) is 0 Å². The summed E-state index contributed by atoms with van der Waals surface area (Å²) < 4.78 is 0. The van der Waals surface area contributed by atoms with Gasteiger partial charge in [0.15, 0.2) is 0 Å². The Bertz CT molecular complexity index is 1030. The molecule has 2 amide bonds. The molecule has 0 saturated heterocycles. The van der Waals surface area contributed by atoms with E-state index in [9.17, 15) is 9.59 Å². The molecule has 4 rings (SSSR count). The zero-order valence-corrected chi connectivity index (χ0v) is 17.4. The molecule has 1 atom stereocenters. The monoisotopic (exact) mass is 410 g/mol. The first-order chi connectivity index (χ1) is 15.2. The van der Waals surface area contributed by atoms with Gasteiger partial charge < -0.3 is 10.2 Å². The molecule has 1 N–H and O–H groups in total. The molecule has 0 heterocycles. The summed E-state index contributed by atoms with van der Waals surface area (Å²) in [6.45, 7) is 0.426. The van der Waals surface area contributed by atoms with Crippen LogP contribution in [0.4, 0.5) is 0 Å². The summed E-state index contributed by atoms with van der Waals surface area (Å²) in [5.41, 5.74) is 2.80. The molecule has 3 aromatic carbocycles. The second kappa shape index (κ2) is 9.90. The lowest BCUT2D eigenvalue weighted by Crippen LogP contribution is -2.44. The van der Waals surface area contributed by atoms with Gasteiger partial charge in [0, 0.05) is 18.7 Å². The van der Waals surface area contributed by atoms with Crippen LogP contribution in [0.15, 0.2) is 97.1 Å². The predicted molar refractivity (Wildman–Crippen MR) is 123 cm³/mol. The van der Waals surface area contributed by atoms with Gasteiger partial charge in [0.25, 0.3) is 0 Å². The minimum atomic E-state index is -0.662. The summed E-state index contributed by atoms with van der Waals surface area (Å²) in [5.74, 6) is -0.307. The number of amides is 2. The number of benzene rings is 3. The molecule has 0 radical (unpaired) electrons. The standard InChI is InChI=1S/C27H26N2O2/c30-25(19-16-21-10-4-1-5-11-21)29(24-17-18-24)26(23-14-8-3-9-15-23)27(31)28-20-22-12-6-2-7-13-22/h1-16,19,24,26H,17-18,20H2,(H,28,31)/b19-16+. The number of nitrogens with one attached hydrogen (secondary N) is 1. The molecule has 1 aliphatic rings. The van der Waals surface area contributed by atoms with E-state index in [1.807, 2.05) is 97.1 Å². The maximum Gasteiger partial charge on any atom is 0.247 e. The van der Waals surface area contributed by atoms with Crippen LogP contribution in [0.25, 0.3) is 6.08 Å². The number of hydrogen-bond acceptors (Lipinski definition) is 2. The van der Waals surface area contributed by atoms with Gasteiger partial charge in [0.1, 0.15) is 6.04 Å². The summed E-state index contributed by atoms with van der Waals surface area (Å²) in [4.78, 5) is 28.3. The molecule has 156 valence electrons. The predicted octanol–water partition coefficient (Wildman–Crippen LogP) is 4.75. The highest BCUT2D eigenvalue weighted by atomic mass is 16.2. The van der Waals surface area contributed by atoms with Gasteiger partial charge in [-0.05, 0) is 35.6 Å². The van der Waals surface area contributed by atoms with Crippen molar-refractivity contribution in [2.45, 2.75) is 31.5 Å². The Balaban J connectivity index is 1.58. The number of nitrogens with zero attached hydrogens (tertiary/aromatic N) is 1. The number of hydrogen-bond donors (Lipinski definition) is 1. The van der Waals surface area contributed by atoms with Gasteiger partial charge in [0.2, 0.25) is 11.8 Å². The SMILES string of the molecule is O=C(NCc1ccccc1)C(c1ccccc1)N(C(=O)/C=C/c1ccccc1)C1CC1. The van der Waals surface area contributed by atoms with Crippen LogP contribution in [0.1, 0.15) is 35.6 Å². The first-order valence-electron chi connectivity index (χ1n) is 10.6. The molecule has 31 heavy (non-hydrogen) atoms. The van der Waals surface area contributed by atoms with Crippen molar-refractivity contribution in [1.29, 1.82) is 0 Å². The lowest BCUT2D eigenvalue weighted by Gasteiger charge is -2.30. The first-order valence-corrected chi connectivity index (χ1v) is 10.6. The largest absolute Gasteiger partial charge is 0.350 e. The Morgan fingerprint density at radius 1 is 0.871 bits per heavy atom. The Hall–Kier alpha value is -3.66. The average Bonchev–Trinajstić information content (AvgIpc) is 3.66. The first kappa shape index (κ1) is 20.6. The third-order valence-corrected chi connectivity index (χ3v) is 5.36. The van der Waals surface area contributed by atoms with Crippen LogP contribution >= 0.6 is 0 Å². The smallest absolute Gasteiger partial charge is 0.247 e. The third-order valence-electron chi connectivity index (χ3n) is 5.36. The molecule has 3 aromatic rings. The van der Waals surface area contributed by atoms with E-state index in [0.29, 0.717) is 6.54 Å². The lowest BCUT2D eigenvalue weighted by molar-refractivity contribution is -0.138. The fraction of sp³-hybridized carbons (Fsp3) is 0.185. The molecule has 0 aromatic heterocycles. The van der Waals surface area contributed by atoms with Gasteiger partial charge in [-0.1, -0.05) is 91.0 Å². The van der Waals surface area contributed by atoms with Crippen molar-refractivity contribution in [3.8, 4) is 0 Å². The van der Waals surface area contributed by atoms with E-state index in [4.69, 9.17) is 0 Å². The highest BCUT2D eigenvalue weighted by molar-refractivity contribution is 5.96. The van der Waals surface area contributed by atoms with E-state index in [-0.39, 0.29) is 17.9 Å². The number of carbonyl (C=O) groups excluding carboxylic acids is 2. The van der Waals surface area contributed by atoms with Crippen molar-refractivity contribution in [2.75, 3.05) is 0 Å². The minimum absolute atomic E-state index is 0.0839. The third kappa shape index (κ3) is 5.48. The molecule has 1 aliphatic carbocycles. The van der Waals surface area contributed by atoms with Crippen LogP contribution in [-0.2, 0) is 16.1 Å². The maximum absolute atomic E-state index is 13.3. The fourth-order valence-electron chi connectivity index (χ4n) is 3.64. The van der Waals surface area contributed by atoms with Gasteiger partial charge in [-0.3, -0.25) is 9.59 Å². The molecular formula is C27H26N2O2. The van der Waals surface area contributed by atoms with E-state index >= 15 is 0 Å². The van der Waals surface area contributed by atoms with Crippen molar-refractivity contribution < 1.29 is 9.59 Å². The Morgan fingerprint density at radius 2 is 1.45 bits per heavy atom. The van der Waals surface area contributed by atoms with Crippen molar-refractivity contribution in [1.82, 2.24) is 10.2 Å². The molecule has 0 aliphatic heterocycles. The zero-order chi connectivity index (χ0) is 21.5. The van der Waals surface area contributed by atoms with E-state index < -0.39 is 6.04 Å². The van der Waals surface area contributed by atoms with Crippen molar-refractivity contribution in [2.24, 2.45) is 0 Å². The molecule has 4 heteroatoms. The molecule has 0 spiro atoms. The van der Waals surface area contributed by atoms with Crippen LogP contribution in [0.2, 0.25) is 0 Å². The quantitative estimate of drug-likeness (QED) is 0.545. The zero-order valence-electron chi connectivity index (χ0n) is 17.4. The van der Waals surface area contributed by atoms with E-state index in [1.54, 1.807) is 11.0 Å². The number of carbonyl (C=O) groups is 2. The molecule has 1 fully saturated rings. The molecular weight excluding hydrogens is 384 g/mol. The van der Waals surface area contributed by atoms with Crippen LogP contribution in [0.5, 0.6) is 0 Å². The summed E-state index contributed by atoms with van der Waals surface area (Å²) >= 11 is 0. The normalized spacial score (nSPS) is 14.2. The van der Waals surface area contributed by atoms with Crippen molar-refractivity contribution in [3.63, 3.8) is 0 Å². The Morgan fingerprint density at radius 3 is 2.06 bits per heavy atom. The second-order valence-corrected chi connectivity index (χ2v) is 7.74. The van der Waals surface area contributed by atoms with E-state index in [2.05, 4.69) is 5.32 Å². The number of rotatable bonds is 8. The molecule has 0 bridgehead atoms. The van der Waals surface area contributed by atoms with Crippen LogP contribution in [-0.4, -0.2) is 22.8 Å². The van der Waals surface area contributed by atoms with Gasteiger partial charge in [-0.2, -0.15) is 0 Å². The van der Waals surface area contributed by atoms with Gasteiger partial charge in [-0.25, -0.2) is 0 Å². The average molecular weight is 411 g/mol. The van der Waals surface area contributed by atoms with Gasteiger partial charge in [0.05, 0.1) is 0 Å². The van der Waals surface area contributed by atoms with Gasteiger partial charge >= 0.3 is 0 Å². The van der Waals surface area contributed by atoms with Crippen molar-refractivity contribution in [3.05, 3.63) is 114 Å². The fourth-order valence-corrected chi connectivity index (χ4v) is 3.64. The summed E-state index contributed by atoms with van der Waals surface area (Å²) in [6, 6.07) is 28.5. The Kier molecular flexibility index (Phi) is 6.58. The highest BCUT2D eigenvalue weighted by Gasteiger charge is 2.40. The summed E-state index contributed by atoms with van der Waals surface area (Å²) in [6.07, 6.45) is 5.22. The van der Waals surface area contributed by atoms with Crippen LogP contribution in [0, 0.1) is 0 Å². The lowest BCUT2D eigenvalue weighted by atomic mass is 10.0. The highest BCUT2D eigenvalue weighted by Crippen LogP contribution is 2.35. The maximum atomic E-state index is 13.3. The summed E-state index contributed by atoms with van der Waals surface area (Å²) in [7, 11) is 0. The van der Waals surface area contributed by atoms with Crippen LogP contribution < -0.4 is 5.32 Å². The topological polar surface area (TPSA) is 49.4 Å². The Labute approximate surface area is 183 Å². The van der Waals surface area contributed by atoms with Gasteiger partial charge in [-0.15, -0.1) is 0 Å². The minimum Gasteiger partial charge on any atom is -0.350 e. The molecule has 1 saturated carbocycles. The summed E-state index contributed by atoms with van der Waals surface area (Å²) in [5, 5.41) is 3.03.